The smallest absolute Gasteiger partial charge is 0.262 e. The summed E-state index contributed by atoms with van der Waals surface area (Å²) in [6, 6.07) is 0. The van der Waals surface area contributed by atoms with E-state index in [-0.39, 0.29) is 0 Å². The topological polar surface area (TPSA) is 46.5 Å². The van der Waals surface area contributed by atoms with E-state index in [1.54, 1.807) is 12.3 Å². The molecule has 1 N–H and O–H groups in total. The van der Waals surface area contributed by atoms with Crippen LogP contribution >= 0.6 is 11.3 Å². The van der Waals surface area contributed by atoms with Gasteiger partial charge in [-0.1, -0.05) is 24.8 Å². The lowest BCUT2D eigenvalue weighted by Crippen LogP contribution is -2.19. The minimum absolute atomic E-state index is 0.423. The number of hydrogen-bond donors (Lipinski definition) is 1. The Balaban J connectivity index is 1.96. The van der Waals surface area contributed by atoms with Crippen LogP contribution in [0.1, 0.15) is 18.2 Å². The van der Waals surface area contributed by atoms with Crippen LogP contribution in [0.15, 0.2) is 42.7 Å². The molecule has 0 saturated carbocycles. The first-order valence-corrected chi connectivity index (χ1v) is 8.59. The van der Waals surface area contributed by atoms with E-state index in [1.807, 2.05) is 30.7 Å². The quantitative estimate of drug-likeness (QED) is 0.617. The molecule has 25 heavy (non-hydrogen) atoms. The van der Waals surface area contributed by atoms with Crippen molar-refractivity contribution in [3.8, 4) is 22.1 Å². The Labute approximate surface area is 148 Å². The number of imidazole rings is 1. The number of aryl methyl sites for hydroxylation is 1. The predicted molar refractivity (Wildman–Crippen MR) is 97.7 cm³/mol. The van der Waals surface area contributed by atoms with Crippen LogP contribution < -0.4 is 0 Å². The monoisotopic (exact) mass is 360 g/mol. The second kappa shape index (κ2) is 6.76. The number of nitrogens with one attached hydrogen (secondary N) is 1. The minimum atomic E-state index is -2.81. The van der Waals surface area contributed by atoms with Crippen molar-refractivity contribution in [3.63, 3.8) is 0 Å². The molecule has 0 aliphatic carbocycles. The molecule has 0 atom stereocenters. The molecule has 0 saturated heterocycles. The van der Waals surface area contributed by atoms with Gasteiger partial charge in [-0.3, -0.25) is 0 Å². The predicted octanol–water partition coefficient (Wildman–Crippen LogP) is 5.16. The summed E-state index contributed by atoms with van der Waals surface area (Å²) in [6.07, 6.45) is 10.5. The first-order chi connectivity index (χ1) is 11.9. The van der Waals surface area contributed by atoms with E-state index in [4.69, 9.17) is 0 Å². The number of H-pyrrole nitrogens is 1. The third-order valence-electron chi connectivity index (χ3n) is 3.66. The molecule has 0 radical (unpaired) electrons. The second-order valence-electron chi connectivity index (χ2n) is 5.82. The summed E-state index contributed by atoms with van der Waals surface area (Å²) in [5.74, 6) is -2.36. The Morgan fingerprint density at radius 3 is 2.96 bits per heavy atom. The zero-order valence-electron chi connectivity index (χ0n) is 14.0. The largest absolute Gasteiger partial charge is 0.364 e. The summed E-state index contributed by atoms with van der Waals surface area (Å²) in [5.41, 5.74) is 3.79. The normalized spacial score (nSPS) is 12.2. The lowest BCUT2D eigenvalue weighted by Gasteiger charge is -2.12. The number of aromatic nitrogens is 4. The summed E-state index contributed by atoms with van der Waals surface area (Å²) in [7, 11) is 0. The van der Waals surface area contributed by atoms with Crippen LogP contribution in [0.4, 0.5) is 8.78 Å². The highest BCUT2D eigenvalue weighted by molar-refractivity contribution is 7.13. The van der Waals surface area contributed by atoms with Gasteiger partial charge in [0.2, 0.25) is 0 Å². The Hall–Kier alpha value is -2.54. The standard InChI is InChI=1S/C18H18F2N4S/c1-4-5-6-13-12(2)22-9-14(13)15-10-25-17(23-15)16-21-7-8-24(16)11-18(3,19)20/h4-10,22H,1,11H2,2-3H3/b6-5-. The third kappa shape index (κ3) is 3.76. The van der Waals surface area contributed by atoms with Crippen LogP contribution in [-0.2, 0) is 6.54 Å². The van der Waals surface area contributed by atoms with Crippen molar-refractivity contribution in [2.75, 3.05) is 0 Å². The van der Waals surface area contributed by atoms with E-state index in [9.17, 15) is 8.78 Å². The molecule has 0 aliphatic rings. The van der Waals surface area contributed by atoms with E-state index >= 15 is 0 Å². The van der Waals surface area contributed by atoms with E-state index in [0.717, 1.165) is 29.4 Å². The van der Waals surface area contributed by atoms with Gasteiger partial charge in [-0.05, 0) is 6.92 Å². The minimum Gasteiger partial charge on any atom is -0.364 e. The molecule has 0 bridgehead atoms. The van der Waals surface area contributed by atoms with Crippen LogP contribution in [0.25, 0.3) is 28.2 Å². The average molecular weight is 360 g/mol. The summed E-state index contributed by atoms with van der Waals surface area (Å²) >= 11 is 1.39. The first-order valence-electron chi connectivity index (χ1n) is 7.71. The summed E-state index contributed by atoms with van der Waals surface area (Å²) in [5, 5.41) is 2.52. The molecule has 130 valence electrons. The Kier molecular flexibility index (Phi) is 4.67. The summed E-state index contributed by atoms with van der Waals surface area (Å²) in [6.45, 7) is 6.14. The molecule has 0 aliphatic heterocycles. The molecule has 3 rings (SSSR count). The van der Waals surface area contributed by atoms with Crippen LogP contribution in [0, 0.1) is 6.92 Å². The van der Waals surface area contributed by atoms with Gasteiger partial charge in [0.1, 0.15) is 0 Å². The summed E-state index contributed by atoms with van der Waals surface area (Å²) in [4.78, 5) is 12.0. The van der Waals surface area contributed by atoms with Crippen molar-refractivity contribution in [2.45, 2.75) is 26.3 Å². The maximum atomic E-state index is 13.3. The molecule has 0 amide bonds. The highest BCUT2D eigenvalue weighted by Gasteiger charge is 2.24. The van der Waals surface area contributed by atoms with Gasteiger partial charge in [-0.2, -0.15) is 0 Å². The van der Waals surface area contributed by atoms with Gasteiger partial charge in [0.05, 0.1) is 12.2 Å². The van der Waals surface area contributed by atoms with Crippen molar-refractivity contribution < 1.29 is 8.78 Å². The Bertz CT molecular complexity index is 912. The Morgan fingerprint density at radius 1 is 1.44 bits per heavy atom. The molecular weight excluding hydrogens is 342 g/mol. The number of alkyl halides is 2. The van der Waals surface area contributed by atoms with Crippen molar-refractivity contribution in [1.29, 1.82) is 0 Å². The first kappa shape index (κ1) is 17.3. The molecular formula is C18H18F2N4S. The van der Waals surface area contributed by atoms with Gasteiger partial charge in [-0.15, -0.1) is 11.3 Å². The van der Waals surface area contributed by atoms with Gasteiger partial charge >= 0.3 is 0 Å². The lowest BCUT2D eigenvalue weighted by molar-refractivity contribution is 0.00433. The van der Waals surface area contributed by atoms with E-state index < -0.39 is 12.5 Å². The van der Waals surface area contributed by atoms with Gasteiger partial charge in [0.25, 0.3) is 5.92 Å². The number of allylic oxidation sites excluding steroid dienone is 2. The number of rotatable bonds is 6. The molecule has 7 heteroatoms. The molecule has 4 nitrogen and oxygen atoms in total. The number of halogens is 2. The van der Waals surface area contributed by atoms with Crippen molar-refractivity contribution >= 4 is 17.4 Å². The molecule has 0 unspecified atom stereocenters. The molecule has 3 heterocycles. The number of nitrogens with zero attached hydrogens (tertiary/aromatic N) is 3. The zero-order chi connectivity index (χ0) is 18.0. The fraction of sp³-hybridized carbons (Fsp3) is 0.222. The van der Waals surface area contributed by atoms with Crippen LogP contribution in [0.2, 0.25) is 0 Å². The molecule has 0 aromatic carbocycles. The number of hydrogen-bond acceptors (Lipinski definition) is 3. The maximum Gasteiger partial charge on any atom is 0.262 e. The van der Waals surface area contributed by atoms with Gasteiger partial charge in [-0.25, -0.2) is 18.7 Å². The highest BCUT2D eigenvalue weighted by atomic mass is 32.1. The second-order valence-corrected chi connectivity index (χ2v) is 6.68. The SMILES string of the molecule is C=C/C=C\c1c(-c2csc(-c3nccn3CC(C)(F)F)n2)c[nH]c1C. The number of aromatic amines is 1. The molecule has 3 aromatic heterocycles. The summed E-state index contributed by atoms with van der Waals surface area (Å²) < 4.78 is 28.1. The fourth-order valence-corrected chi connectivity index (χ4v) is 3.39. The van der Waals surface area contributed by atoms with Crippen LogP contribution in [0.3, 0.4) is 0 Å². The van der Waals surface area contributed by atoms with Gasteiger partial charge in [0, 0.05) is 47.7 Å². The van der Waals surface area contributed by atoms with Gasteiger partial charge in [0.15, 0.2) is 10.8 Å². The average Bonchev–Trinajstić information content (AvgIpc) is 3.23. The van der Waals surface area contributed by atoms with Crippen LogP contribution in [-0.4, -0.2) is 25.4 Å². The van der Waals surface area contributed by atoms with Crippen molar-refractivity contribution in [2.24, 2.45) is 0 Å². The lowest BCUT2D eigenvalue weighted by atomic mass is 10.1. The third-order valence-corrected chi connectivity index (χ3v) is 4.50. The van der Waals surface area contributed by atoms with Gasteiger partial charge < -0.3 is 9.55 Å². The Morgan fingerprint density at radius 2 is 2.24 bits per heavy atom. The van der Waals surface area contributed by atoms with Crippen LogP contribution in [0.5, 0.6) is 0 Å². The van der Waals surface area contributed by atoms with E-state index in [1.165, 1.54) is 22.1 Å². The van der Waals surface area contributed by atoms with E-state index in [0.29, 0.717) is 10.8 Å². The highest BCUT2D eigenvalue weighted by Crippen LogP contribution is 2.32. The van der Waals surface area contributed by atoms with Crippen molar-refractivity contribution in [1.82, 2.24) is 19.5 Å². The molecule has 0 spiro atoms. The molecule has 3 aromatic rings. The van der Waals surface area contributed by atoms with E-state index in [2.05, 4.69) is 21.5 Å². The molecule has 0 fully saturated rings. The fourth-order valence-electron chi connectivity index (χ4n) is 2.56. The van der Waals surface area contributed by atoms with Crippen molar-refractivity contribution in [3.05, 3.63) is 54.0 Å². The zero-order valence-corrected chi connectivity index (χ0v) is 14.8. The maximum absolute atomic E-state index is 13.3. The number of thiazole rings is 1.